The van der Waals surface area contributed by atoms with Crippen LogP contribution in [0.4, 0.5) is 0 Å². The quantitative estimate of drug-likeness (QED) is 0.646. The van der Waals surface area contributed by atoms with E-state index in [-0.39, 0.29) is 31.3 Å². The molecule has 2 aliphatic rings. The molecule has 1 N–H and O–H groups in total. The summed E-state index contributed by atoms with van der Waals surface area (Å²) in [5.74, 6) is -0.240. The molecule has 1 fully saturated rings. The Morgan fingerprint density at radius 3 is 2.68 bits per heavy atom. The number of fused-ring (bicyclic) bond motifs is 1. The summed E-state index contributed by atoms with van der Waals surface area (Å²) in [6.07, 6.45) is -1.05. The molecule has 166 valence electrons. The predicted molar refractivity (Wildman–Crippen MR) is 111 cm³/mol. The van der Waals surface area contributed by atoms with Crippen LogP contribution in [0.1, 0.15) is 17.5 Å². The molecular formula is C20H19Cl2NO7S. The van der Waals surface area contributed by atoms with Gasteiger partial charge in [-0.15, -0.1) is 0 Å². The first kappa shape index (κ1) is 22.3. The molecule has 2 heterocycles. The van der Waals surface area contributed by atoms with E-state index in [2.05, 4.69) is 0 Å². The fourth-order valence-electron chi connectivity index (χ4n) is 3.62. The topological polar surface area (TPSA) is 102 Å². The van der Waals surface area contributed by atoms with Gasteiger partial charge in [0.25, 0.3) is 0 Å². The Morgan fingerprint density at radius 1 is 1.19 bits per heavy atom. The number of carbonyl (C=O) groups is 1. The SMILES string of the molecule is O=C(OCc1cc(Cl)cc2c1OCOC2)C1CC(O)CN1S(=O)(=O)c1ccc(Cl)cc1. The molecule has 0 aromatic heterocycles. The van der Waals surface area contributed by atoms with Crippen LogP contribution in [0.15, 0.2) is 41.3 Å². The van der Waals surface area contributed by atoms with Crippen LogP contribution in [0.5, 0.6) is 5.75 Å². The summed E-state index contributed by atoms with van der Waals surface area (Å²) in [5, 5.41) is 10.9. The molecule has 0 aliphatic carbocycles. The molecule has 0 amide bonds. The third kappa shape index (κ3) is 4.67. The Labute approximate surface area is 189 Å². The van der Waals surface area contributed by atoms with E-state index >= 15 is 0 Å². The Balaban J connectivity index is 1.53. The van der Waals surface area contributed by atoms with E-state index in [4.69, 9.17) is 37.4 Å². The normalized spacial score (nSPS) is 21.4. The van der Waals surface area contributed by atoms with Crippen molar-refractivity contribution >= 4 is 39.2 Å². The maximum Gasteiger partial charge on any atom is 0.324 e. The number of nitrogens with zero attached hydrogens (tertiary/aromatic N) is 1. The number of sulfonamides is 1. The van der Waals surface area contributed by atoms with Crippen LogP contribution in [0.2, 0.25) is 10.0 Å². The van der Waals surface area contributed by atoms with Gasteiger partial charge in [-0.2, -0.15) is 4.31 Å². The molecular weight excluding hydrogens is 469 g/mol. The maximum absolute atomic E-state index is 13.0. The van der Waals surface area contributed by atoms with E-state index < -0.39 is 28.1 Å². The van der Waals surface area contributed by atoms with Gasteiger partial charge < -0.3 is 19.3 Å². The summed E-state index contributed by atoms with van der Waals surface area (Å²) < 4.78 is 43.1. The molecule has 0 saturated carbocycles. The monoisotopic (exact) mass is 487 g/mol. The summed E-state index contributed by atoms with van der Waals surface area (Å²) in [7, 11) is -4.04. The van der Waals surface area contributed by atoms with Crippen LogP contribution in [0, 0.1) is 0 Å². The van der Waals surface area contributed by atoms with Crippen molar-refractivity contribution in [3.8, 4) is 5.75 Å². The van der Waals surface area contributed by atoms with Gasteiger partial charge in [-0.3, -0.25) is 4.79 Å². The molecule has 2 aromatic rings. The summed E-state index contributed by atoms with van der Waals surface area (Å²) in [5.41, 5.74) is 1.28. The highest BCUT2D eigenvalue weighted by Gasteiger charge is 2.44. The summed E-state index contributed by atoms with van der Waals surface area (Å²) in [6.45, 7) is 0.0111. The number of carbonyl (C=O) groups excluding carboxylic acids is 1. The van der Waals surface area contributed by atoms with Crippen LogP contribution in [0.3, 0.4) is 0 Å². The first-order chi connectivity index (χ1) is 14.8. The first-order valence-electron chi connectivity index (χ1n) is 9.39. The molecule has 31 heavy (non-hydrogen) atoms. The largest absolute Gasteiger partial charge is 0.467 e. The molecule has 2 aliphatic heterocycles. The fourth-order valence-corrected chi connectivity index (χ4v) is 5.63. The number of rotatable bonds is 5. The number of hydrogen-bond acceptors (Lipinski definition) is 7. The lowest BCUT2D eigenvalue weighted by Gasteiger charge is -2.24. The summed E-state index contributed by atoms with van der Waals surface area (Å²) >= 11 is 12.0. The molecule has 2 atom stereocenters. The highest BCUT2D eigenvalue weighted by atomic mass is 35.5. The van der Waals surface area contributed by atoms with E-state index in [1.807, 2.05) is 0 Å². The van der Waals surface area contributed by atoms with Crippen molar-refractivity contribution in [1.82, 2.24) is 4.31 Å². The van der Waals surface area contributed by atoms with Gasteiger partial charge in [0, 0.05) is 34.1 Å². The standard InChI is InChI=1S/C20H19Cl2NO7S/c21-14-1-3-17(4-2-14)31(26,27)23-8-16(24)7-18(23)20(25)29-10-13-6-15(22)5-12-9-28-11-30-19(12)13/h1-6,16,18,24H,7-11H2. The lowest BCUT2D eigenvalue weighted by Crippen LogP contribution is -2.41. The van der Waals surface area contributed by atoms with Crippen molar-refractivity contribution < 1.29 is 32.5 Å². The van der Waals surface area contributed by atoms with Gasteiger partial charge in [0.05, 0.1) is 17.6 Å². The van der Waals surface area contributed by atoms with Gasteiger partial charge in [0.15, 0.2) is 6.79 Å². The Kier molecular flexibility index (Phi) is 6.43. The number of benzene rings is 2. The highest BCUT2D eigenvalue weighted by molar-refractivity contribution is 7.89. The van der Waals surface area contributed by atoms with E-state index in [1.54, 1.807) is 12.1 Å². The molecule has 0 spiro atoms. The zero-order chi connectivity index (χ0) is 22.2. The zero-order valence-electron chi connectivity index (χ0n) is 16.2. The third-order valence-electron chi connectivity index (χ3n) is 5.05. The van der Waals surface area contributed by atoms with Gasteiger partial charge in [-0.05, 0) is 36.4 Å². The second-order valence-corrected chi connectivity index (χ2v) is 9.97. The van der Waals surface area contributed by atoms with Crippen LogP contribution in [-0.2, 0) is 37.5 Å². The number of esters is 1. The Bertz CT molecular complexity index is 1090. The molecule has 0 radical (unpaired) electrons. The zero-order valence-corrected chi connectivity index (χ0v) is 18.5. The van der Waals surface area contributed by atoms with Crippen molar-refractivity contribution in [1.29, 1.82) is 0 Å². The summed E-state index contributed by atoms with van der Waals surface area (Å²) in [6, 6.07) is 7.75. The van der Waals surface area contributed by atoms with Crippen molar-refractivity contribution in [3.63, 3.8) is 0 Å². The van der Waals surface area contributed by atoms with Crippen LogP contribution >= 0.6 is 23.2 Å². The molecule has 2 aromatic carbocycles. The van der Waals surface area contributed by atoms with Crippen LogP contribution < -0.4 is 4.74 Å². The number of β-amino-alcohol motifs (C(OH)–C–C–N with tert-alkyl or cyclic N) is 1. The van der Waals surface area contributed by atoms with E-state index in [1.165, 1.54) is 24.3 Å². The molecule has 8 nitrogen and oxygen atoms in total. The van der Waals surface area contributed by atoms with Gasteiger partial charge in [0.2, 0.25) is 10.0 Å². The highest BCUT2D eigenvalue weighted by Crippen LogP contribution is 2.33. The van der Waals surface area contributed by atoms with Gasteiger partial charge in [0.1, 0.15) is 18.4 Å². The molecule has 11 heteroatoms. The van der Waals surface area contributed by atoms with Crippen molar-refractivity contribution in [2.45, 2.75) is 36.7 Å². The van der Waals surface area contributed by atoms with Crippen molar-refractivity contribution in [3.05, 3.63) is 57.6 Å². The maximum atomic E-state index is 13.0. The van der Waals surface area contributed by atoms with E-state index in [9.17, 15) is 18.3 Å². The van der Waals surface area contributed by atoms with E-state index in [0.29, 0.717) is 28.0 Å². The number of hydrogen-bond donors (Lipinski definition) is 1. The number of aliphatic hydroxyl groups is 1. The Hall–Kier alpha value is -1.88. The van der Waals surface area contributed by atoms with Crippen molar-refractivity contribution in [2.24, 2.45) is 0 Å². The molecule has 2 unspecified atom stereocenters. The van der Waals surface area contributed by atoms with Gasteiger partial charge in [-0.25, -0.2) is 8.42 Å². The molecule has 4 rings (SSSR count). The van der Waals surface area contributed by atoms with Gasteiger partial charge in [-0.1, -0.05) is 23.2 Å². The van der Waals surface area contributed by atoms with E-state index in [0.717, 1.165) is 9.87 Å². The number of ether oxygens (including phenoxy) is 3. The smallest absolute Gasteiger partial charge is 0.324 e. The lowest BCUT2D eigenvalue weighted by molar-refractivity contribution is -0.149. The second kappa shape index (κ2) is 8.93. The van der Waals surface area contributed by atoms with Crippen LogP contribution in [0.25, 0.3) is 0 Å². The summed E-state index contributed by atoms with van der Waals surface area (Å²) in [4.78, 5) is 12.8. The average molecular weight is 488 g/mol. The predicted octanol–water partition coefficient (Wildman–Crippen LogP) is 2.73. The third-order valence-corrected chi connectivity index (χ3v) is 7.41. The lowest BCUT2D eigenvalue weighted by atomic mass is 10.1. The molecule has 1 saturated heterocycles. The van der Waals surface area contributed by atoms with Crippen LogP contribution in [-0.4, -0.2) is 49.3 Å². The minimum absolute atomic E-state index is 0.0267. The average Bonchev–Trinajstić information content (AvgIpc) is 3.14. The fraction of sp³-hybridized carbons (Fsp3) is 0.350. The minimum Gasteiger partial charge on any atom is -0.467 e. The number of halogens is 2. The second-order valence-electron chi connectivity index (χ2n) is 7.21. The van der Waals surface area contributed by atoms with Crippen molar-refractivity contribution in [2.75, 3.05) is 13.3 Å². The Morgan fingerprint density at radius 2 is 1.94 bits per heavy atom. The first-order valence-corrected chi connectivity index (χ1v) is 11.6. The number of aliphatic hydroxyl groups excluding tert-OH is 1. The minimum atomic E-state index is -4.04. The van der Waals surface area contributed by atoms with Gasteiger partial charge >= 0.3 is 5.97 Å². The molecule has 0 bridgehead atoms.